The molecule has 0 bridgehead atoms. The Morgan fingerprint density at radius 3 is 2.23 bits per heavy atom. The Balaban J connectivity index is 1.28. The third kappa shape index (κ3) is 10.3. The first kappa shape index (κ1) is 34.0. The van der Waals surface area contributed by atoms with Crippen molar-refractivity contribution in [1.29, 1.82) is 0 Å². The molecule has 1 amide bonds. The lowest BCUT2D eigenvalue weighted by Gasteiger charge is -2.38. The normalized spacial score (nSPS) is 17.8. The van der Waals surface area contributed by atoms with Crippen molar-refractivity contribution in [2.24, 2.45) is 0 Å². The summed E-state index contributed by atoms with van der Waals surface area (Å²) in [6.07, 6.45) is 1.34. The monoisotopic (exact) mass is 636 g/mol. The van der Waals surface area contributed by atoms with Crippen molar-refractivity contribution in [1.82, 2.24) is 10.2 Å². The number of carboxylic acids is 1. The Bertz CT molecular complexity index is 1590. The number of aliphatic hydroxyl groups is 1. The van der Waals surface area contributed by atoms with E-state index in [4.69, 9.17) is 14.6 Å². The van der Waals surface area contributed by atoms with E-state index < -0.39 is 12.3 Å². The molecule has 0 spiro atoms. The molecule has 8 heteroatoms. The minimum Gasteiger partial charge on any atom is -0.481 e. The molecule has 1 heterocycles. The first-order valence-corrected chi connectivity index (χ1v) is 16.3. The fourth-order valence-corrected chi connectivity index (χ4v) is 5.92. The predicted molar refractivity (Wildman–Crippen MR) is 181 cm³/mol. The van der Waals surface area contributed by atoms with Gasteiger partial charge in [-0.2, -0.15) is 0 Å². The van der Waals surface area contributed by atoms with Gasteiger partial charge < -0.3 is 25.0 Å². The standard InChI is InChI=1S/C39H44N2O6/c1-41(25-28-9-3-2-4-10-28)26-35-23-36(31-19-17-29(27-42)18-20-31)47-39(46-35)34-14-8-13-33(22-34)32-12-7-11-30(21-32)24-40-37(43)15-5-6-16-38(44)45/h2-4,7-14,17-22,35-36,39,42H,5-6,15-16,23-27H2,1H3,(H,40,43)(H,44,45)/t35-,36+,39+/m1/s1. The molecule has 1 fully saturated rings. The zero-order valence-corrected chi connectivity index (χ0v) is 26.9. The van der Waals surface area contributed by atoms with Crippen LogP contribution in [0.4, 0.5) is 0 Å². The number of carbonyl (C=O) groups excluding carboxylic acids is 1. The van der Waals surface area contributed by atoms with Crippen LogP contribution in [0, 0.1) is 0 Å². The van der Waals surface area contributed by atoms with Gasteiger partial charge in [-0.15, -0.1) is 0 Å². The molecule has 4 aromatic rings. The summed E-state index contributed by atoms with van der Waals surface area (Å²) in [6, 6.07) is 34.6. The summed E-state index contributed by atoms with van der Waals surface area (Å²) in [4.78, 5) is 25.3. The Morgan fingerprint density at radius 1 is 0.787 bits per heavy atom. The van der Waals surface area contributed by atoms with Crippen LogP contribution in [0.2, 0.25) is 0 Å². The van der Waals surface area contributed by atoms with Gasteiger partial charge in [0.25, 0.3) is 0 Å². The number of aliphatic hydroxyl groups excluding tert-OH is 1. The van der Waals surface area contributed by atoms with Crippen LogP contribution in [-0.2, 0) is 38.8 Å². The highest BCUT2D eigenvalue weighted by Crippen LogP contribution is 2.39. The summed E-state index contributed by atoms with van der Waals surface area (Å²) >= 11 is 0. The topological polar surface area (TPSA) is 108 Å². The number of carbonyl (C=O) groups is 2. The molecule has 0 aliphatic carbocycles. The van der Waals surface area contributed by atoms with Crippen molar-refractivity contribution in [3.05, 3.63) is 131 Å². The maximum atomic E-state index is 12.3. The van der Waals surface area contributed by atoms with Gasteiger partial charge in [-0.25, -0.2) is 0 Å². The van der Waals surface area contributed by atoms with Crippen LogP contribution in [0.25, 0.3) is 11.1 Å². The van der Waals surface area contributed by atoms with Gasteiger partial charge in [0, 0.05) is 44.5 Å². The average Bonchev–Trinajstić information content (AvgIpc) is 3.09. The molecule has 246 valence electrons. The second-order valence-corrected chi connectivity index (χ2v) is 12.2. The second kappa shape index (κ2) is 17.0. The molecule has 1 aliphatic heterocycles. The van der Waals surface area contributed by atoms with Crippen molar-refractivity contribution in [3.63, 3.8) is 0 Å². The first-order valence-electron chi connectivity index (χ1n) is 16.3. The highest BCUT2D eigenvalue weighted by Gasteiger charge is 2.33. The molecule has 8 nitrogen and oxygen atoms in total. The van der Waals surface area contributed by atoms with Crippen molar-refractivity contribution in [3.8, 4) is 11.1 Å². The van der Waals surface area contributed by atoms with E-state index in [9.17, 15) is 14.7 Å². The number of likely N-dealkylation sites (N-methyl/N-ethyl adjacent to an activating group) is 1. The van der Waals surface area contributed by atoms with Gasteiger partial charge in [-0.3, -0.25) is 14.5 Å². The number of nitrogens with one attached hydrogen (secondary N) is 1. The summed E-state index contributed by atoms with van der Waals surface area (Å²) in [5.41, 5.74) is 7.11. The van der Waals surface area contributed by atoms with Gasteiger partial charge in [0.2, 0.25) is 5.91 Å². The number of aliphatic carboxylic acids is 1. The quantitative estimate of drug-likeness (QED) is 0.123. The summed E-state index contributed by atoms with van der Waals surface area (Å²) in [7, 11) is 2.11. The molecule has 3 atom stereocenters. The smallest absolute Gasteiger partial charge is 0.303 e. The van der Waals surface area contributed by atoms with Crippen LogP contribution >= 0.6 is 0 Å². The van der Waals surface area contributed by atoms with Gasteiger partial charge in [-0.05, 0) is 65.4 Å². The molecule has 0 saturated carbocycles. The summed E-state index contributed by atoms with van der Waals surface area (Å²) < 4.78 is 13.2. The number of hydrogen-bond donors (Lipinski definition) is 3. The van der Waals surface area contributed by atoms with Crippen LogP contribution < -0.4 is 5.32 Å². The first-order chi connectivity index (χ1) is 22.9. The van der Waals surface area contributed by atoms with Gasteiger partial charge >= 0.3 is 5.97 Å². The largest absolute Gasteiger partial charge is 0.481 e. The molecule has 5 rings (SSSR count). The van der Waals surface area contributed by atoms with E-state index in [2.05, 4.69) is 59.7 Å². The number of unbranched alkanes of at least 4 members (excludes halogenated alkanes) is 1. The van der Waals surface area contributed by atoms with Crippen LogP contribution in [0.15, 0.2) is 103 Å². The number of carboxylic acid groups (broad SMARTS) is 1. The van der Waals surface area contributed by atoms with Gasteiger partial charge in [0.1, 0.15) is 0 Å². The summed E-state index contributed by atoms with van der Waals surface area (Å²) in [5, 5.41) is 21.3. The van der Waals surface area contributed by atoms with E-state index in [-0.39, 0.29) is 31.1 Å². The molecule has 1 aliphatic rings. The van der Waals surface area contributed by atoms with Gasteiger partial charge in [-0.1, -0.05) is 91.0 Å². The lowest BCUT2D eigenvalue weighted by atomic mass is 9.98. The van der Waals surface area contributed by atoms with Crippen LogP contribution in [0.5, 0.6) is 0 Å². The average molecular weight is 637 g/mol. The number of ether oxygens (including phenoxy) is 2. The third-order valence-electron chi connectivity index (χ3n) is 8.38. The molecular weight excluding hydrogens is 592 g/mol. The zero-order chi connectivity index (χ0) is 33.0. The number of hydrogen-bond acceptors (Lipinski definition) is 6. The van der Waals surface area contributed by atoms with E-state index in [1.54, 1.807) is 0 Å². The summed E-state index contributed by atoms with van der Waals surface area (Å²) in [6.45, 7) is 1.96. The fraction of sp³-hybridized carbons (Fsp3) is 0.333. The van der Waals surface area contributed by atoms with Crippen LogP contribution in [0.3, 0.4) is 0 Å². The number of rotatable bonds is 15. The predicted octanol–water partition coefficient (Wildman–Crippen LogP) is 6.78. The Labute approximate surface area is 277 Å². The molecule has 1 saturated heterocycles. The Kier molecular flexibility index (Phi) is 12.3. The molecule has 47 heavy (non-hydrogen) atoms. The molecule has 3 N–H and O–H groups in total. The Hall–Kier alpha value is -4.34. The maximum Gasteiger partial charge on any atom is 0.303 e. The minimum atomic E-state index is -0.840. The number of benzene rings is 4. The molecule has 0 aromatic heterocycles. The van der Waals surface area contributed by atoms with Crippen LogP contribution in [0.1, 0.15) is 72.3 Å². The van der Waals surface area contributed by atoms with E-state index in [1.165, 1.54) is 5.56 Å². The summed E-state index contributed by atoms with van der Waals surface area (Å²) in [5.74, 6) is -0.925. The fourth-order valence-electron chi connectivity index (χ4n) is 5.92. The SMILES string of the molecule is CN(Cc1ccccc1)C[C@H]1C[C@@H](c2ccc(CO)cc2)O[C@@H](c2cccc(-c3cccc(CNC(=O)CCCCC(=O)O)c3)c2)O1. The second-order valence-electron chi connectivity index (χ2n) is 12.2. The van der Waals surface area contributed by atoms with E-state index in [0.29, 0.717) is 32.2 Å². The van der Waals surface area contributed by atoms with Gasteiger partial charge in [0.05, 0.1) is 18.8 Å². The highest BCUT2D eigenvalue weighted by atomic mass is 16.7. The maximum absolute atomic E-state index is 12.3. The van der Waals surface area contributed by atoms with Crippen molar-refractivity contribution >= 4 is 11.9 Å². The van der Waals surface area contributed by atoms with Crippen LogP contribution in [-0.4, -0.2) is 46.7 Å². The van der Waals surface area contributed by atoms with E-state index >= 15 is 0 Å². The van der Waals surface area contributed by atoms with Gasteiger partial charge in [0.15, 0.2) is 6.29 Å². The Morgan fingerprint density at radius 2 is 1.49 bits per heavy atom. The molecule has 4 aromatic carbocycles. The molecule has 0 radical (unpaired) electrons. The minimum absolute atomic E-state index is 0.000589. The number of nitrogens with zero attached hydrogens (tertiary/aromatic N) is 1. The van der Waals surface area contributed by atoms with E-state index in [1.807, 2.05) is 60.7 Å². The van der Waals surface area contributed by atoms with E-state index in [0.717, 1.165) is 46.5 Å². The lowest BCUT2D eigenvalue weighted by Crippen LogP contribution is -2.37. The molecule has 0 unspecified atom stereocenters. The number of amides is 1. The van der Waals surface area contributed by atoms with Crippen molar-refractivity contribution in [2.45, 2.75) is 70.3 Å². The van der Waals surface area contributed by atoms with Crippen molar-refractivity contribution in [2.75, 3.05) is 13.6 Å². The van der Waals surface area contributed by atoms with Crippen molar-refractivity contribution < 1.29 is 29.3 Å². The zero-order valence-electron chi connectivity index (χ0n) is 26.9. The highest BCUT2D eigenvalue weighted by molar-refractivity contribution is 5.76. The lowest BCUT2D eigenvalue weighted by molar-refractivity contribution is -0.252. The molecular formula is C39H44N2O6. The third-order valence-corrected chi connectivity index (χ3v) is 8.38.